The number of nitrogens with two attached hydrogens (primary N) is 1. The van der Waals surface area contributed by atoms with Crippen LogP contribution in [0.15, 0.2) is 30.5 Å². The minimum atomic E-state index is 0.0554. The van der Waals surface area contributed by atoms with Gasteiger partial charge in [0.05, 0.1) is 11.7 Å². The summed E-state index contributed by atoms with van der Waals surface area (Å²) < 4.78 is 1.80. The molecule has 1 atom stereocenters. The Morgan fingerprint density at radius 3 is 2.56 bits per heavy atom. The lowest BCUT2D eigenvalue weighted by atomic mass is 10.1. The molecule has 2 aromatic rings. The van der Waals surface area contributed by atoms with Crippen molar-refractivity contribution >= 4 is 17.3 Å². The summed E-state index contributed by atoms with van der Waals surface area (Å²) in [5, 5.41) is 8.45. The Morgan fingerprint density at radius 1 is 1.39 bits per heavy atom. The highest BCUT2D eigenvalue weighted by Gasteiger charge is 2.14. The summed E-state index contributed by atoms with van der Waals surface area (Å²) in [5.74, 6) is 0. The van der Waals surface area contributed by atoms with Crippen LogP contribution in [0, 0.1) is 6.92 Å². The predicted molar refractivity (Wildman–Crippen MR) is 74.8 cm³/mol. The van der Waals surface area contributed by atoms with Crippen LogP contribution in [0.5, 0.6) is 0 Å². The van der Waals surface area contributed by atoms with Crippen LogP contribution in [0.25, 0.3) is 0 Å². The van der Waals surface area contributed by atoms with Gasteiger partial charge < -0.3 is 11.1 Å². The van der Waals surface area contributed by atoms with Crippen molar-refractivity contribution in [2.75, 3.05) is 11.9 Å². The molecule has 1 aromatic carbocycles. The quantitative estimate of drug-likeness (QED) is 0.892. The average molecular weight is 265 g/mol. The Morgan fingerprint density at radius 2 is 2.06 bits per heavy atom. The van der Waals surface area contributed by atoms with E-state index in [1.807, 2.05) is 44.4 Å². The average Bonchev–Trinajstić information content (AvgIpc) is 2.68. The molecule has 0 spiro atoms. The summed E-state index contributed by atoms with van der Waals surface area (Å²) in [6, 6.07) is 7.65. The van der Waals surface area contributed by atoms with Crippen LogP contribution in [0.3, 0.4) is 0 Å². The number of hydrogen-bond acceptors (Lipinski definition) is 3. The normalized spacial score (nSPS) is 12.4. The number of aromatic nitrogens is 2. The molecule has 1 aromatic heterocycles. The summed E-state index contributed by atoms with van der Waals surface area (Å²) in [7, 11) is 1.91. The lowest BCUT2D eigenvalue weighted by molar-refractivity contribution is 0.754. The van der Waals surface area contributed by atoms with Crippen molar-refractivity contribution in [1.29, 1.82) is 0 Å². The molecule has 96 valence electrons. The highest BCUT2D eigenvalue weighted by molar-refractivity contribution is 6.30. The minimum absolute atomic E-state index is 0.0554. The number of benzene rings is 1. The maximum atomic E-state index is 5.86. The highest BCUT2D eigenvalue weighted by atomic mass is 35.5. The van der Waals surface area contributed by atoms with Gasteiger partial charge >= 0.3 is 0 Å². The first-order valence-corrected chi connectivity index (χ1v) is 6.20. The van der Waals surface area contributed by atoms with E-state index in [-0.39, 0.29) is 6.04 Å². The van der Waals surface area contributed by atoms with Crippen molar-refractivity contribution in [3.05, 3.63) is 46.7 Å². The number of anilines is 1. The maximum Gasteiger partial charge on any atom is 0.0669 e. The first-order chi connectivity index (χ1) is 8.60. The van der Waals surface area contributed by atoms with Crippen molar-refractivity contribution < 1.29 is 0 Å². The summed E-state index contributed by atoms with van der Waals surface area (Å²) in [6.45, 7) is 2.50. The van der Waals surface area contributed by atoms with Gasteiger partial charge in [0.1, 0.15) is 0 Å². The summed E-state index contributed by atoms with van der Waals surface area (Å²) in [4.78, 5) is 0. The third-order valence-corrected chi connectivity index (χ3v) is 3.10. The summed E-state index contributed by atoms with van der Waals surface area (Å²) >= 11 is 5.86. The maximum absolute atomic E-state index is 5.86. The molecule has 2 rings (SSSR count). The van der Waals surface area contributed by atoms with Crippen molar-refractivity contribution in [3.8, 4) is 0 Å². The third-order valence-electron chi connectivity index (χ3n) is 2.85. The Bertz CT molecular complexity index is 518. The molecule has 0 fully saturated rings. The molecule has 0 aliphatic carbocycles. The number of nitrogens with one attached hydrogen (secondary N) is 1. The zero-order chi connectivity index (χ0) is 13.1. The molecule has 1 heterocycles. The number of aryl methyl sites for hydroxylation is 2. The number of halogens is 1. The zero-order valence-corrected chi connectivity index (χ0v) is 11.3. The SMILES string of the molecule is Cc1nn(C)cc1C(CN)Nc1ccc(Cl)cc1. The fourth-order valence-electron chi connectivity index (χ4n) is 1.97. The van der Waals surface area contributed by atoms with Gasteiger partial charge in [0.15, 0.2) is 0 Å². The molecule has 0 bridgehead atoms. The van der Waals surface area contributed by atoms with Crippen molar-refractivity contribution in [2.45, 2.75) is 13.0 Å². The fourth-order valence-corrected chi connectivity index (χ4v) is 2.10. The topological polar surface area (TPSA) is 55.9 Å². The van der Waals surface area contributed by atoms with Gasteiger partial charge in [-0.3, -0.25) is 4.68 Å². The lowest BCUT2D eigenvalue weighted by Gasteiger charge is -2.17. The smallest absolute Gasteiger partial charge is 0.0669 e. The zero-order valence-electron chi connectivity index (χ0n) is 10.5. The molecule has 4 nitrogen and oxygen atoms in total. The van der Waals surface area contributed by atoms with Crippen LogP contribution in [-0.4, -0.2) is 16.3 Å². The minimum Gasteiger partial charge on any atom is -0.377 e. The Balaban J connectivity index is 2.19. The molecular weight excluding hydrogens is 248 g/mol. The second-order valence-corrected chi connectivity index (χ2v) is 4.72. The van der Waals surface area contributed by atoms with Gasteiger partial charge in [-0.25, -0.2) is 0 Å². The van der Waals surface area contributed by atoms with Crippen LogP contribution >= 0.6 is 11.6 Å². The van der Waals surface area contributed by atoms with Gasteiger partial charge in [-0.2, -0.15) is 5.10 Å². The van der Waals surface area contributed by atoms with E-state index in [0.29, 0.717) is 6.54 Å². The molecule has 0 amide bonds. The second-order valence-electron chi connectivity index (χ2n) is 4.28. The van der Waals surface area contributed by atoms with E-state index in [1.165, 1.54) is 0 Å². The molecule has 3 N–H and O–H groups in total. The van der Waals surface area contributed by atoms with Gasteiger partial charge in [0.2, 0.25) is 0 Å². The van der Waals surface area contributed by atoms with Crippen LogP contribution in [-0.2, 0) is 7.05 Å². The molecule has 0 aliphatic rings. The molecule has 0 saturated heterocycles. The van der Waals surface area contributed by atoms with Gasteiger partial charge in [-0.05, 0) is 31.2 Å². The van der Waals surface area contributed by atoms with E-state index in [2.05, 4.69) is 10.4 Å². The molecule has 0 radical (unpaired) electrons. The first-order valence-electron chi connectivity index (χ1n) is 5.82. The van der Waals surface area contributed by atoms with Gasteiger partial charge in [0.25, 0.3) is 0 Å². The number of nitrogens with zero attached hydrogens (tertiary/aromatic N) is 2. The molecule has 5 heteroatoms. The van der Waals surface area contributed by atoms with Crippen molar-refractivity contribution in [1.82, 2.24) is 9.78 Å². The van der Waals surface area contributed by atoms with Gasteiger partial charge in [0, 0.05) is 36.1 Å². The van der Waals surface area contributed by atoms with E-state index in [4.69, 9.17) is 17.3 Å². The molecule has 18 heavy (non-hydrogen) atoms. The first kappa shape index (κ1) is 12.9. The van der Waals surface area contributed by atoms with E-state index >= 15 is 0 Å². The van der Waals surface area contributed by atoms with E-state index in [1.54, 1.807) is 4.68 Å². The van der Waals surface area contributed by atoms with Crippen LogP contribution in [0.2, 0.25) is 5.02 Å². The largest absolute Gasteiger partial charge is 0.377 e. The third kappa shape index (κ3) is 2.83. The number of rotatable bonds is 4. The molecular formula is C13H17ClN4. The van der Waals surface area contributed by atoms with Crippen molar-refractivity contribution in [3.63, 3.8) is 0 Å². The van der Waals surface area contributed by atoms with E-state index in [9.17, 15) is 0 Å². The highest BCUT2D eigenvalue weighted by Crippen LogP contribution is 2.22. The van der Waals surface area contributed by atoms with Crippen LogP contribution < -0.4 is 11.1 Å². The van der Waals surface area contributed by atoms with Gasteiger partial charge in [-0.15, -0.1) is 0 Å². The monoisotopic (exact) mass is 264 g/mol. The van der Waals surface area contributed by atoms with E-state index in [0.717, 1.165) is 22.0 Å². The molecule has 0 aliphatic heterocycles. The molecule has 0 saturated carbocycles. The van der Waals surface area contributed by atoms with Crippen molar-refractivity contribution in [2.24, 2.45) is 12.8 Å². The Hall–Kier alpha value is -1.52. The summed E-state index contributed by atoms with van der Waals surface area (Å²) in [6.07, 6.45) is 2.00. The molecule has 1 unspecified atom stereocenters. The predicted octanol–water partition coefficient (Wildman–Crippen LogP) is 2.49. The second kappa shape index (κ2) is 5.42. The lowest BCUT2D eigenvalue weighted by Crippen LogP contribution is -2.20. The van der Waals surface area contributed by atoms with Crippen LogP contribution in [0.4, 0.5) is 5.69 Å². The Kier molecular flexibility index (Phi) is 3.89. The van der Waals surface area contributed by atoms with Gasteiger partial charge in [-0.1, -0.05) is 11.6 Å². The fraction of sp³-hybridized carbons (Fsp3) is 0.308. The Labute approximate surface area is 112 Å². The number of hydrogen-bond donors (Lipinski definition) is 2. The van der Waals surface area contributed by atoms with Crippen LogP contribution in [0.1, 0.15) is 17.3 Å². The summed E-state index contributed by atoms with van der Waals surface area (Å²) in [5.41, 5.74) is 8.95. The van der Waals surface area contributed by atoms with E-state index < -0.39 is 0 Å². The standard InChI is InChI=1S/C13H17ClN4/c1-9-12(8-18(2)17-9)13(7-15)16-11-5-3-10(14)4-6-11/h3-6,8,13,16H,7,15H2,1-2H3.